The number of para-hydroxylation sites is 2. The molecule has 0 saturated carbocycles. The van der Waals surface area contributed by atoms with Gasteiger partial charge in [-0.3, -0.25) is 9.52 Å². The van der Waals surface area contributed by atoms with Gasteiger partial charge in [0.15, 0.2) is 0 Å². The Labute approximate surface area is 178 Å². The third kappa shape index (κ3) is 4.71. The van der Waals surface area contributed by atoms with E-state index in [-0.39, 0.29) is 22.3 Å². The maximum atomic E-state index is 12.9. The number of carbonyl (C=O) groups excluding carboxylic acids is 1. The Morgan fingerprint density at radius 3 is 2.23 bits per heavy atom. The highest BCUT2D eigenvalue weighted by Crippen LogP contribution is 2.28. The van der Waals surface area contributed by atoms with E-state index in [0.29, 0.717) is 5.69 Å². The fourth-order valence-corrected chi connectivity index (χ4v) is 4.40. The van der Waals surface area contributed by atoms with Crippen molar-refractivity contribution in [2.45, 2.75) is 38.5 Å². The molecule has 3 aromatic rings. The van der Waals surface area contributed by atoms with Crippen LogP contribution in [-0.2, 0) is 10.0 Å². The molecule has 0 aliphatic heterocycles. The van der Waals surface area contributed by atoms with Gasteiger partial charge in [0.2, 0.25) is 0 Å². The van der Waals surface area contributed by atoms with E-state index < -0.39 is 10.0 Å². The van der Waals surface area contributed by atoms with E-state index in [1.807, 2.05) is 44.2 Å². The van der Waals surface area contributed by atoms with Crippen LogP contribution in [0.15, 0.2) is 71.6 Å². The number of anilines is 2. The van der Waals surface area contributed by atoms with Crippen molar-refractivity contribution in [1.29, 1.82) is 0 Å². The van der Waals surface area contributed by atoms with Crippen molar-refractivity contribution in [3.8, 4) is 0 Å². The lowest BCUT2D eigenvalue weighted by Gasteiger charge is -2.17. The quantitative estimate of drug-likeness (QED) is 0.552. The van der Waals surface area contributed by atoms with Crippen LogP contribution in [0.1, 0.15) is 46.8 Å². The number of hydrogen-bond donors (Lipinski definition) is 2. The van der Waals surface area contributed by atoms with Gasteiger partial charge >= 0.3 is 0 Å². The summed E-state index contributed by atoms with van der Waals surface area (Å²) in [6.07, 6.45) is 0. The molecule has 0 heterocycles. The predicted molar refractivity (Wildman–Crippen MR) is 122 cm³/mol. The standard InChI is InChI=1S/C24H26N2O3S/c1-16(2)21-13-7-10-18(4)23(21)25-24(27)19-11-8-12-20(15-19)30(28,29)26-22-14-6-5-9-17(22)3/h5-16,26H,1-4H3,(H,25,27). The van der Waals surface area contributed by atoms with Gasteiger partial charge in [0, 0.05) is 11.3 Å². The first-order valence-corrected chi connectivity index (χ1v) is 11.3. The molecule has 0 atom stereocenters. The zero-order valence-corrected chi connectivity index (χ0v) is 18.4. The molecular formula is C24H26N2O3S. The van der Waals surface area contributed by atoms with Gasteiger partial charge in [-0.15, -0.1) is 0 Å². The summed E-state index contributed by atoms with van der Waals surface area (Å²) in [6.45, 7) is 7.90. The van der Waals surface area contributed by atoms with Gasteiger partial charge in [0.1, 0.15) is 0 Å². The number of sulfonamides is 1. The van der Waals surface area contributed by atoms with Gasteiger partial charge in [0.05, 0.1) is 10.6 Å². The second kappa shape index (κ2) is 8.71. The first-order chi connectivity index (χ1) is 14.2. The second-order valence-corrected chi connectivity index (χ2v) is 9.28. The number of amides is 1. The van der Waals surface area contributed by atoms with Gasteiger partial charge in [-0.25, -0.2) is 8.42 Å². The van der Waals surface area contributed by atoms with Crippen molar-refractivity contribution in [1.82, 2.24) is 0 Å². The van der Waals surface area contributed by atoms with Crippen molar-refractivity contribution in [2.24, 2.45) is 0 Å². The van der Waals surface area contributed by atoms with Crippen molar-refractivity contribution < 1.29 is 13.2 Å². The molecule has 5 nitrogen and oxygen atoms in total. The van der Waals surface area contributed by atoms with Gasteiger partial charge < -0.3 is 5.32 Å². The van der Waals surface area contributed by atoms with Gasteiger partial charge in [0.25, 0.3) is 15.9 Å². The van der Waals surface area contributed by atoms with E-state index in [0.717, 1.165) is 22.4 Å². The summed E-state index contributed by atoms with van der Waals surface area (Å²) in [6, 6.07) is 19.1. The maximum absolute atomic E-state index is 12.9. The zero-order chi connectivity index (χ0) is 21.9. The van der Waals surface area contributed by atoms with Gasteiger partial charge in [-0.2, -0.15) is 0 Å². The maximum Gasteiger partial charge on any atom is 0.261 e. The molecular weight excluding hydrogens is 396 g/mol. The monoisotopic (exact) mass is 422 g/mol. The lowest BCUT2D eigenvalue weighted by molar-refractivity contribution is 0.102. The number of carbonyl (C=O) groups is 1. The molecule has 3 aromatic carbocycles. The summed E-state index contributed by atoms with van der Waals surface area (Å²) in [7, 11) is -3.82. The Kier molecular flexibility index (Phi) is 6.27. The number of aryl methyl sites for hydroxylation is 2. The van der Waals surface area contributed by atoms with E-state index in [9.17, 15) is 13.2 Å². The van der Waals surface area contributed by atoms with Crippen LogP contribution in [0.3, 0.4) is 0 Å². The fourth-order valence-electron chi connectivity index (χ4n) is 3.22. The van der Waals surface area contributed by atoms with Crippen LogP contribution in [-0.4, -0.2) is 14.3 Å². The Balaban J connectivity index is 1.89. The van der Waals surface area contributed by atoms with E-state index in [2.05, 4.69) is 23.9 Å². The highest BCUT2D eigenvalue weighted by molar-refractivity contribution is 7.92. The fraction of sp³-hybridized carbons (Fsp3) is 0.208. The van der Waals surface area contributed by atoms with Crippen LogP contribution < -0.4 is 10.0 Å². The number of hydrogen-bond acceptors (Lipinski definition) is 3. The van der Waals surface area contributed by atoms with Gasteiger partial charge in [-0.05, 0) is 60.7 Å². The first-order valence-electron chi connectivity index (χ1n) is 9.78. The average Bonchev–Trinajstić information content (AvgIpc) is 2.71. The highest BCUT2D eigenvalue weighted by atomic mass is 32.2. The van der Waals surface area contributed by atoms with Crippen molar-refractivity contribution in [3.63, 3.8) is 0 Å². The average molecular weight is 423 g/mol. The molecule has 0 aliphatic carbocycles. The Hall–Kier alpha value is -3.12. The summed E-state index contributed by atoms with van der Waals surface area (Å²) in [5.74, 6) is -0.107. The topological polar surface area (TPSA) is 75.3 Å². The smallest absolute Gasteiger partial charge is 0.261 e. The van der Waals surface area contributed by atoms with Crippen LogP contribution in [0, 0.1) is 13.8 Å². The van der Waals surface area contributed by atoms with Crippen molar-refractivity contribution in [2.75, 3.05) is 10.0 Å². The summed E-state index contributed by atoms with van der Waals surface area (Å²) < 4.78 is 28.3. The van der Waals surface area contributed by atoms with Crippen LogP contribution in [0.5, 0.6) is 0 Å². The SMILES string of the molecule is Cc1ccccc1NS(=O)(=O)c1cccc(C(=O)Nc2c(C)cccc2C(C)C)c1. The molecule has 0 aliphatic rings. The molecule has 0 saturated heterocycles. The van der Waals surface area contributed by atoms with Crippen LogP contribution in [0.25, 0.3) is 0 Å². The zero-order valence-electron chi connectivity index (χ0n) is 17.6. The van der Waals surface area contributed by atoms with E-state index in [1.165, 1.54) is 12.1 Å². The molecule has 0 radical (unpaired) electrons. The largest absolute Gasteiger partial charge is 0.321 e. The molecule has 30 heavy (non-hydrogen) atoms. The van der Waals surface area contributed by atoms with E-state index in [4.69, 9.17) is 0 Å². The Morgan fingerprint density at radius 2 is 1.53 bits per heavy atom. The highest BCUT2D eigenvalue weighted by Gasteiger charge is 2.18. The lowest BCUT2D eigenvalue weighted by Crippen LogP contribution is -2.17. The molecule has 0 spiro atoms. The molecule has 0 bridgehead atoms. The molecule has 3 rings (SSSR count). The van der Waals surface area contributed by atoms with Crippen LogP contribution in [0.4, 0.5) is 11.4 Å². The molecule has 2 N–H and O–H groups in total. The first kappa shape index (κ1) is 21.6. The summed E-state index contributed by atoms with van der Waals surface area (Å²) in [4.78, 5) is 12.9. The molecule has 1 amide bonds. The van der Waals surface area contributed by atoms with Crippen molar-refractivity contribution >= 4 is 27.3 Å². The molecule has 0 aromatic heterocycles. The van der Waals surface area contributed by atoms with Crippen LogP contribution >= 0.6 is 0 Å². The number of benzene rings is 3. The molecule has 6 heteroatoms. The summed E-state index contributed by atoms with van der Waals surface area (Å²) in [5, 5.41) is 2.96. The second-order valence-electron chi connectivity index (χ2n) is 7.60. The van der Waals surface area contributed by atoms with E-state index in [1.54, 1.807) is 24.3 Å². The molecule has 0 unspecified atom stereocenters. The minimum Gasteiger partial charge on any atom is -0.321 e. The van der Waals surface area contributed by atoms with Crippen molar-refractivity contribution in [3.05, 3.63) is 89.0 Å². The lowest BCUT2D eigenvalue weighted by atomic mass is 9.98. The normalized spacial score (nSPS) is 11.4. The van der Waals surface area contributed by atoms with Gasteiger partial charge in [-0.1, -0.05) is 56.3 Å². The van der Waals surface area contributed by atoms with E-state index >= 15 is 0 Å². The minimum absolute atomic E-state index is 0.0345. The summed E-state index contributed by atoms with van der Waals surface area (Å²) >= 11 is 0. The Bertz CT molecular complexity index is 1180. The molecule has 0 fully saturated rings. The van der Waals surface area contributed by atoms with Crippen LogP contribution in [0.2, 0.25) is 0 Å². The summed E-state index contributed by atoms with van der Waals surface area (Å²) in [5.41, 5.74) is 4.36. The predicted octanol–water partition coefficient (Wildman–Crippen LogP) is 5.48. The minimum atomic E-state index is -3.82. The Morgan fingerprint density at radius 1 is 0.867 bits per heavy atom. The molecule has 156 valence electrons. The third-order valence-electron chi connectivity index (χ3n) is 4.96. The third-order valence-corrected chi connectivity index (χ3v) is 6.32. The number of nitrogens with one attached hydrogen (secondary N) is 2. The number of rotatable bonds is 6.